The van der Waals surface area contributed by atoms with Crippen molar-refractivity contribution in [1.29, 1.82) is 0 Å². The Morgan fingerprint density at radius 1 is 1.40 bits per heavy atom. The van der Waals surface area contributed by atoms with Crippen LogP contribution in [0.4, 0.5) is 13.2 Å². The lowest BCUT2D eigenvalue weighted by atomic mass is 10.1. The van der Waals surface area contributed by atoms with Crippen LogP contribution in [0.1, 0.15) is 0 Å². The molecule has 1 unspecified atom stereocenters. The average Bonchev–Trinajstić information content (AvgIpc) is 1.80. The quantitative estimate of drug-likeness (QED) is 0.597. The van der Waals surface area contributed by atoms with Crippen LogP contribution in [0, 0.1) is 5.92 Å². The Balaban J connectivity index is 4.21. The Morgan fingerprint density at radius 2 is 1.90 bits per heavy atom. The zero-order valence-corrected chi connectivity index (χ0v) is 4.93. The lowest BCUT2D eigenvalue weighted by molar-refractivity contribution is -0.163. The third-order valence-corrected chi connectivity index (χ3v) is 0.843. The van der Waals surface area contributed by atoms with Crippen molar-refractivity contribution in [2.75, 3.05) is 0 Å². The Kier molecular flexibility index (Phi) is 2.92. The molecule has 0 aromatic heterocycles. The second kappa shape index (κ2) is 3.24. The van der Waals surface area contributed by atoms with Crippen LogP contribution >= 0.6 is 0 Å². The summed E-state index contributed by atoms with van der Waals surface area (Å²) in [7, 11) is 0. The third kappa shape index (κ3) is 2.52. The van der Waals surface area contributed by atoms with E-state index in [0.717, 1.165) is 0 Å². The summed E-state index contributed by atoms with van der Waals surface area (Å²) < 4.78 is 34.7. The smallest absolute Gasteiger partial charge is 0.401 e. The predicted octanol–water partition coefficient (Wildman–Crippen LogP) is 0.836. The zero-order chi connectivity index (χ0) is 8.20. The fourth-order valence-electron chi connectivity index (χ4n) is 0.351. The van der Waals surface area contributed by atoms with Crippen LogP contribution in [0.25, 0.3) is 0 Å². The molecule has 0 bridgehead atoms. The zero-order valence-electron chi connectivity index (χ0n) is 4.93. The summed E-state index contributed by atoms with van der Waals surface area (Å²) in [5.74, 6) is -2.07. The van der Waals surface area contributed by atoms with Gasteiger partial charge in [0.2, 0.25) is 0 Å². The van der Waals surface area contributed by atoms with Crippen molar-refractivity contribution in [2.24, 2.45) is 11.7 Å². The number of allylic oxidation sites excluding steroid dienone is 1. The van der Waals surface area contributed by atoms with E-state index in [1.807, 2.05) is 0 Å². The maximum absolute atomic E-state index is 11.6. The molecule has 0 amide bonds. The molecule has 5 heteroatoms. The van der Waals surface area contributed by atoms with Gasteiger partial charge in [-0.15, -0.1) is 0 Å². The van der Waals surface area contributed by atoms with Gasteiger partial charge < -0.3 is 10.5 Å². The standard InChI is InChI=1S/C5H6F3NO/c6-5(7,8)4(3-10)1-2-9/h1-4H,9H2. The van der Waals surface area contributed by atoms with E-state index in [1.165, 1.54) is 0 Å². The van der Waals surface area contributed by atoms with Gasteiger partial charge in [0.25, 0.3) is 0 Å². The van der Waals surface area contributed by atoms with E-state index < -0.39 is 12.1 Å². The Labute approximate surface area is 55.5 Å². The van der Waals surface area contributed by atoms with Gasteiger partial charge >= 0.3 is 6.18 Å². The monoisotopic (exact) mass is 153 g/mol. The number of aldehydes is 1. The first-order chi connectivity index (χ1) is 4.52. The summed E-state index contributed by atoms with van der Waals surface area (Å²) >= 11 is 0. The summed E-state index contributed by atoms with van der Waals surface area (Å²) in [4.78, 5) is 9.71. The van der Waals surface area contributed by atoms with Gasteiger partial charge in [-0.25, -0.2) is 0 Å². The highest BCUT2D eigenvalue weighted by Crippen LogP contribution is 2.24. The van der Waals surface area contributed by atoms with Crippen LogP contribution in [-0.4, -0.2) is 12.5 Å². The number of halogens is 3. The van der Waals surface area contributed by atoms with Crippen molar-refractivity contribution < 1.29 is 18.0 Å². The minimum Gasteiger partial charge on any atom is -0.405 e. The van der Waals surface area contributed by atoms with E-state index in [9.17, 15) is 18.0 Å². The average molecular weight is 153 g/mol. The number of hydrogen-bond donors (Lipinski definition) is 1. The number of rotatable bonds is 2. The van der Waals surface area contributed by atoms with E-state index in [-0.39, 0.29) is 6.29 Å². The molecule has 2 nitrogen and oxygen atoms in total. The maximum Gasteiger partial charge on any atom is 0.401 e. The minimum atomic E-state index is -4.52. The molecule has 0 spiro atoms. The molecule has 0 aliphatic carbocycles. The molecule has 0 saturated carbocycles. The van der Waals surface area contributed by atoms with Crippen molar-refractivity contribution in [1.82, 2.24) is 0 Å². The molecule has 0 rings (SSSR count). The topological polar surface area (TPSA) is 43.1 Å². The van der Waals surface area contributed by atoms with Gasteiger partial charge in [0, 0.05) is 0 Å². The third-order valence-electron chi connectivity index (χ3n) is 0.843. The van der Waals surface area contributed by atoms with Crippen LogP contribution in [0.5, 0.6) is 0 Å². The molecule has 1 atom stereocenters. The molecular weight excluding hydrogens is 147 g/mol. The van der Waals surface area contributed by atoms with Gasteiger partial charge in [0.15, 0.2) is 0 Å². The molecule has 0 fully saturated rings. The highest BCUT2D eigenvalue weighted by molar-refractivity contribution is 5.57. The molecule has 0 saturated heterocycles. The number of hydrogen-bond acceptors (Lipinski definition) is 2. The number of nitrogens with two attached hydrogens (primary N) is 1. The normalized spacial score (nSPS) is 15.5. The van der Waals surface area contributed by atoms with Crippen molar-refractivity contribution in [2.45, 2.75) is 6.18 Å². The van der Waals surface area contributed by atoms with E-state index in [0.29, 0.717) is 12.3 Å². The molecular formula is C5H6F3NO. The molecule has 0 aromatic carbocycles. The summed E-state index contributed by atoms with van der Waals surface area (Å²) in [6.45, 7) is 0. The molecule has 0 radical (unpaired) electrons. The Bertz CT molecular complexity index is 140. The Morgan fingerprint density at radius 3 is 2.00 bits per heavy atom. The van der Waals surface area contributed by atoms with Crippen LogP contribution in [0.15, 0.2) is 12.3 Å². The lowest BCUT2D eigenvalue weighted by Gasteiger charge is -2.08. The molecule has 2 N–H and O–H groups in total. The van der Waals surface area contributed by atoms with Crippen LogP contribution in [-0.2, 0) is 4.79 Å². The molecule has 58 valence electrons. The fraction of sp³-hybridized carbons (Fsp3) is 0.400. The number of carbonyl (C=O) groups is 1. The first-order valence-corrected chi connectivity index (χ1v) is 2.42. The van der Waals surface area contributed by atoms with Crippen LogP contribution in [0.2, 0.25) is 0 Å². The molecule has 0 aliphatic heterocycles. The maximum atomic E-state index is 11.6. The first kappa shape index (κ1) is 9.00. The first-order valence-electron chi connectivity index (χ1n) is 2.42. The predicted molar refractivity (Wildman–Crippen MR) is 28.9 cm³/mol. The second-order valence-electron chi connectivity index (χ2n) is 1.59. The van der Waals surface area contributed by atoms with Crippen LogP contribution in [0.3, 0.4) is 0 Å². The van der Waals surface area contributed by atoms with Gasteiger partial charge in [-0.3, -0.25) is 0 Å². The fourth-order valence-corrected chi connectivity index (χ4v) is 0.351. The van der Waals surface area contributed by atoms with Crippen molar-refractivity contribution in [3.63, 3.8) is 0 Å². The summed E-state index contributed by atoms with van der Waals surface area (Å²) in [6.07, 6.45) is -3.43. The van der Waals surface area contributed by atoms with E-state index >= 15 is 0 Å². The van der Waals surface area contributed by atoms with Crippen molar-refractivity contribution in [3.05, 3.63) is 12.3 Å². The summed E-state index contributed by atoms with van der Waals surface area (Å²) in [5, 5.41) is 0. The van der Waals surface area contributed by atoms with Gasteiger partial charge in [-0.2, -0.15) is 13.2 Å². The minimum absolute atomic E-state index is 0.205. The van der Waals surface area contributed by atoms with Gasteiger partial charge in [-0.05, 0) is 12.3 Å². The van der Waals surface area contributed by atoms with Gasteiger partial charge in [0.05, 0.1) is 0 Å². The van der Waals surface area contributed by atoms with Crippen LogP contribution < -0.4 is 5.73 Å². The van der Waals surface area contributed by atoms with E-state index in [4.69, 9.17) is 0 Å². The van der Waals surface area contributed by atoms with Gasteiger partial charge in [0.1, 0.15) is 12.2 Å². The highest BCUT2D eigenvalue weighted by atomic mass is 19.4. The van der Waals surface area contributed by atoms with E-state index in [2.05, 4.69) is 5.73 Å². The van der Waals surface area contributed by atoms with E-state index in [1.54, 1.807) is 0 Å². The molecule has 0 heterocycles. The second-order valence-corrected chi connectivity index (χ2v) is 1.59. The number of alkyl halides is 3. The summed E-state index contributed by atoms with van der Waals surface area (Å²) in [5.41, 5.74) is 4.66. The van der Waals surface area contributed by atoms with Gasteiger partial charge in [-0.1, -0.05) is 0 Å². The SMILES string of the molecule is NC=CC(C=O)C(F)(F)F. The van der Waals surface area contributed by atoms with Crippen molar-refractivity contribution in [3.8, 4) is 0 Å². The number of carbonyl (C=O) groups excluding carboxylic acids is 1. The molecule has 0 aliphatic rings. The lowest BCUT2D eigenvalue weighted by Crippen LogP contribution is -2.22. The largest absolute Gasteiger partial charge is 0.405 e. The highest BCUT2D eigenvalue weighted by Gasteiger charge is 2.37. The Hall–Kier alpha value is -1.00. The van der Waals surface area contributed by atoms with Crippen molar-refractivity contribution >= 4 is 6.29 Å². The molecule has 10 heavy (non-hydrogen) atoms. The molecule has 0 aromatic rings. The summed E-state index contributed by atoms with van der Waals surface area (Å²) in [6, 6.07) is 0.